The predicted octanol–water partition coefficient (Wildman–Crippen LogP) is 5.41. The van der Waals surface area contributed by atoms with Crippen LogP contribution in [0.4, 0.5) is 4.39 Å². The molecule has 0 radical (unpaired) electrons. The molecule has 3 rings (SSSR count). The maximum Gasteiger partial charge on any atom is 0.202 e. The van der Waals surface area contributed by atoms with Crippen LogP contribution in [0.2, 0.25) is 5.02 Å². The van der Waals surface area contributed by atoms with E-state index >= 15 is 0 Å². The second-order valence-corrected chi connectivity index (χ2v) is 5.83. The van der Waals surface area contributed by atoms with Crippen LogP contribution in [-0.2, 0) is 6.42 Å². The Labute approximate surface area is 133 Å². The second-order valence-electron chi connectivity index (χ2n) is 4.57. The first-order valence-corrected chi connectivity index (χ1v) is 7.37. The summed E-state index contributed by atoms with van der Waals surface area (Å²) in [5, 5.41) is 1.05. The van der Waals surface area contributed by atoms with Gasteiger partial charge in [-0.3, -0.25) is 4.79 Å². The van der Waals surface area contributed by atoms with Crippen LogP contribution in [0, 0.1) is 5.82 Å². The average Bonchev–Trinajstić information content (AvgIpc) is 2.88. The average molecular weight is 368 g/mol. The predicted molar refractivity (Wildman–Crippen MR) is 83.4 cm³/mol. The smallest absolute Gasteiger partial charge is 0.202 e. The molecule has 5 heteroatoms. The fraction of sp³-hybridized carbons (Fsp3) is 0.0625. The van der Waals surface area contributed by atoms with Crippen molar-refractivity contribution < 1.29 is 13.6 Å². The second kappa shape index (κ2) is 5.62. The third kappa shape index (κ3) is 2.74. The summed E-state index contributed by atoms with van der Waals surface area (Å²) in [6, 6.07) is 11.5. The van der Waals surface area contributed by atoms with Gasteiger partial charge in [0.25, 0.3) is 0 Å². The van der Waals surface area contributed by atoms with E-state index in [-0.39, 0.29) is 28.6 Å². The van der Waals surface area contributed by atoms with E-state index in [1.807, 2.05) is 18.2 Å². The Bertz CT molecular complexity index is 821. The van der Waals surface area contributed by atoms with Crippen LogP contribution in [-0.4, -0.2) is 5.78 Å². The topological polar surface area (TPSA) is 30.2 Å². The Balaban J connectivity index is 1.96. The highest BCUT2D eigenvalue weighted by Crippen LogP contribution is 2.28. The summed E-state index contributed by atoms with van der Waals surface area (Å²) in [4.78, 5) is 12.3. The first kappa shape index (κ1) is 14.3. The minimum absolute atomic E-state index is 0.136. The van der Waals surface area contributed by atoms with Crippen molar-refractivity contribution in [1.29, 1.82) is 0 Å². The maximum absolute atomic E-state index is 13.7. The van der Waals surface area contributed by atoms with E-state index in [1.54, 1.807) is 12.1 Å². The van der Waals surface area contributed by atoms with Crippen molar-refractivity contribution in [3.05, 3.63) is 69.1 Å². The quantitative estimate of drug-likeness (QED) is 0.579. The molecule has 0 N–H and O–H groups in total. The number of Topliss-reactive ketones (excluding diaryl/α,β-unsaturated/α-hetero) is 1. The molecule has 1 aromatic heterocycles. The number of hydrogen-bond donors (Lipinski definition) is 0. The van der Waals surface area contributed by atoms with Gasteiger partial charge in [0, 0.05) is 22.4 Å². The number of carbonyl (C=O) groups excluding carboxylic acids is 1. The lowest BCUT2D eigenvalue weighted by Crippen LogP contribution is -2.04. The molecular formula is C16H9BrClFO2. The zero-order chi connectivity index (χ0) is 15.0. The highest BCUT2D eigenvalue weighted by molar-refractivity contribution is 9.10. The summed E-state index contributed by atoms with van der Waals surface area (Å²) in [5.74, 6) is -0.616. The van der Waals surface area contributed by atoms with Crippen molar-refractivity contribution in [2.24, 2.45) is 0 Å². The molecule has 0 aliphatic rings. The highest BCUT2D eigenvalue weighted by Gasteiger charge is 2.17. The first-order valence-electron chi connectivity index (χ1n) is 6.20. The van der Waals surface area contributed by atoms with Crippen molar-refractivity contribution in [3.63, 3.8) is 0 Å². The molecule has 0 atom stereocenters. The summed E-state index contributed by atoms with van der Waals surface area (Å²) in [7, 11) is 0. The van der Waals surface area contributed by atoms with Crippen molar-refractivity contribution >= 4 is 44.3 Å². The van der Waals surface area contributed by atoms with Gasteiger partial charge >= 0.3 is 0 Å². The molecular weight excluding hydrogens is 359 g/mol. The third-order valence-electron chi connectivity index (χ3n) is 3.17. The molecule has 0 unspecified atom stereocenters. The van der Waals surface area contributed by atoms with E-state index in [0.717, 1.165) is 9.86 Å². The van der Waals surface area contributed by atoms with Gasteiger partial charge in [0.1, 0.15) is 11.4 Å². The standard InChI is InChI=1S/C16H9BrClFO2/c17-11-4-1-3-9-7-15(21-16(9)11)14(20)8-10-12(18)5-2-6-13(10)19/h1-7H,8H2. The molecule has 0 amide bonds. The molecule has 2 aromatic carbocycles. The lowest BCUT2D eigenvalue weighted by Gasteiger charge is -2.03. The number of hydrogen-bond acceptors (Lipinski definition) is 2. The minimum Gasteiger partial charge on any atom is -0.452 e. The Morgan fingerprint density at radius 3 is 2.71 bits per heavy atom. The fourth-order valence-electron chi connectivity index (χ4n) is 2.11. The van der Waals surface area contributed by atoms with E-state index < -0.39 is 5.82 Å². The molecule has 3 aromatic rings. The Morgan fingerprint density at radius 2 is 2.00 bits per heavy atom. The maximum atomic E-state index is 13.7. The van der Waals surface area contributed by atoms with E-state index in [0.29, 0.717) is 5.58 Å². The number of carbonyl (C=O) groups is 1. The van der Waals surface area contributed by atoms with Crippen LogP contribution in [0.3, 0.4) is 0 Å². The van der Waals surface area contributed by atoms with Crippen molar-refractivity contribution in [3.8, 4) is 0 Å². The van der Waals surface area contributed by atoms with Gasteiger partial charge in [-0.15, -0.1) is 0 Å². The molecule has 0 aliphatic carbocycles. The summed E-state index contributed by atoms with van der Waals surface area (Å²) in [6.07, 6.45) is -0.136. The SMILES string of the molecule is O=C(Cc1c(F)cccc1Cl)c1cc2cccc(Br)c2o1. The number of rotatable bonds is 3. The van der Waals surface area contributed by atoms with Gasteiger partial charge in [-0.05, 0) is 40.2 Å². The largest absolute Gasteiger partial charge is 0.452 e. The molecule has 21 heavy (non-hydrogen) atoms. The number of fused-ring (bicyclic) bond motifs is 1. The van der Waals surface area contributed by atoms with Crippen LogP contribution in [0.5, 0.6) is 0 Å². The molecule has 1 heterocycles. The number of ketones is 1. The molecule has 0 saturated carbocycles. The third-order valence-corrected chi connectivity index (χ3v) is 4.15. The lowest BCUT2D eigenvalue weighted by atomic mass is 10.1. The van der Waals surface area contributed by atoms with E-state index in [1.165, 1.54) is 12.1 Å². The Morgan fingerprint density at radius 1 is 1.24 bits per heavy atom. The van der Waals surface area contributed by atoms with Crippen LogP contribution in [0.15, 0.2) is 51.4 Å². The van der Waals surface area contributed by atoms with Gasteiger partial charge in [-0.2, -0.15) is 0 Å². The van der Waals surface area contributed by atoms with E-state index in [9.17, 15) is 9.18 Å². The van der Waals surface area contributed by atoms with E-state index in [4.69, 9.17) is 16.0 Å². The number of benzene rings is 2. The van der Waals surface area contributed by atoms with Gasteiger partial charge in [-0.25, -0.2) is 4.39 Å². The normalized spacial score (nSPS) is 11.0. The van der Waals surface area contributed by atoms with Gasteiger partial charge in [0.2, 0.25) is 5.78 Å². The van der Waals surface area contributed by atoms with Crippen LogP contribution >= 0.6 is 27.5 Å². The number of para-hydroxylation sites is 1. The van der Waals surface area contributed by atoms with Crippen LogP contribution in [0.1, 0.15) is 16.1 Å². The lowest BCUT2D eigenvalue weighted by molar-refractivity contribution is 0.0967. The van der Waals surface area contributed by atoms with Crippen molar-refractivity contribution in [2.45, 2.75) is 6.42 Å². The molecule has 0 spiro atoms. The highest BCUT2D eigenvalue weighted by atomic mass is 79.9. The van der Waals surface area contributed by atoms with Gasteiger partial charge in [0.15, 0.2) is 5.76 Å². The molecule has 0 aliphatic heterocycles. The zero-order valence-corrected chi connectivity index (χ0v) is 13.0. The van der Waals surface area contributed by atoms with Crippen molar-refractivity contribution in [2.75, 3.05) is 0 Å². The summed E-state index contributed by atoms with van der Waals surface area (Å²) >= 11 is 9.30. The molecule has 0 saturated heterocycles. The number of halogens is 3. The summed E-state index contributed by atoms with van der Waals surface area (Å²) in [5.41, 5.74) is 0.782. The van der Waals surface area contributed by atoms with Crippen LogP contribution < -0.4 is 0 Å². The summed E-state index contributed by atoms with van der Waals surface area (Å²) in [6.45, 7) is 0. The molecule has 106 valence electrons. The molecule has 2 nitrogen and oxygen atoms in total. The Kier molecular flexibility index (Phi) is 3.83. The minimum atomic E-state index is -0.492. The number of furan rings is 1. The van der Waals surface area contributed by atoms with Gasteiger partial charge in [-0.1, -0.05) is 29.8 Å². The monoisotopic (exact) mass is 366 g/mol. The summed E-state index contributed by atoms with van der Waals surface area (Å²) < 4.78 is 20.0. The molecule has 0 fully saturated rings. The van der Waals surface area contributed by atoms with Gasteiger partial charge in [0.05, 0.1) is 4.47 Å². The fourth-order valence-corrected chi connectivity index (χ4v) is 2.81. The van der Waals surface area contributed by atoms with Crippen LogP contribution in [0.25, 0.3) is 11.0 Å². The molecule has 0 bridgehead atoms. The van der Waals surface area contributed by atoms with E-state index in [2.05, 4.69) is 15.9 Å². The zero-order valence-electron chi connectivity index (χ0n) is 10.7. The van der Waals surface area contributed by atoms with Crippen molar-refractivity contribution in [1.82, 2.24) is 0 Å². The first-order chi connectivity index (χ1) is 10.1. The Hall–Kier alpha value is -1.65. The van der Waals surface area contributed by atoms with Gasteiger partial charge < -0.3 is 4.42 Å².